The van der Waals surface area contributed by atoms with Crippen LogP contribution in [-0.4, -0.2) is 88.1 Å². The van der Waals surface area contributed by atoms with Gasteiger partial charge in [-0.3, -0.25) is 9.59 Å². The molecule has 0 aliphatic carbocycles. The fourth-order valence-corrected chi connectivity index (χ4v) is 6.39. The maximum absolute atomic E-state index is 14.0. The van der Waals surface area contributed by atoms with Crippen LogP contribution < -0.4 is 25.8 Å². The molecule has 3 aromatic rings. The first kappa shape index (κ1) is 37.7. The number of alkyl halides is 3. The number of carboxylic acids is 1. The topological polar surface area (TPSA) is 189 Å². The van der Waals surface area contributed by atoms with Crippen LogP contribution in [0.2, 0.25) is 0 Å². The monoisotopic (exact) mass is 722 g/mol. The van der Waals surface area contributed by atoms with Crippen LogP contribution >= 0.6 is 0 Å². The van der Waals surface area contributed by atoms with E-state index in [0.29, 0.717) is 82.9 Å². The predicted molar refractivity (Wildman–Crippen MR) is 185 cm³/mol. The molecule has 276 valence electrons. The smallest absolute Gasteiger partial charge is 0.451 e. The number of carbonyl (C=O) groups is 3. The Balaban J connectivity index is 1.08. The van der Waals surface area contributed by atoms with Gasteiger partial charge >= 0.3 is 12.1 Å². The van der Waals surface area contributed by atoms with E-state index in [0.717, 1.165) is 24.8 Å². The Morgan fingerprint density at radius 3 is 2.40 bits per heavy atom. The van der Waals surface area contributed by atoms with Gasteiger partial charge in [0.1, 0.15) is 17.7 Å². The van der Waals surface area contributed by atoms with Gasteiger partial charge in [-0.25, -0.2) is 24.7 Å². The Bertz CT molecular complexity index is 1740. The highest BCUT2D eigenvalue weighted by molar-refractivity contribution is 5.86. The van der Waals surface area contributed by atoms with Crippen LogP contribution in [0, 0.1) is 17.2 Å². The quantitative estimate of drug-likeness (QED) is 0.166. The number of halogens is 3. The summed E-state index contributed by atoms with van der Waals surface area (Å²) in [6.45, 7) is 2.37. The predicted octanol–water partition coefficient (Wildman–Crippen LogP) is 3.80. The zero-order valence-corrected chi connectivity index (χ0v) is 28.5. The van der Waals surface area contributed by atoms with Crippen LogP contribution in [0.5, 0.6) is 0 Å². The number of piperidine rings is 1. The van der Waals surface area contributed by atoms with E-state index in [9.17, 15) is 27.6 Å². The highest BCUT2D eigenvalue weighted by Crippen LogP contribution is 2.34. The summed E-state index contributed by atoms with van der Waals surface area (Å²) in [6.07, 6.45) is 1.49. The molecule has 2 aliphatic rings. The van der Waals surface area contributed by atoms with Gasteiger partial charge in [0, 0.05) is 58.0 Å². The Hall–Kier alpha value is -5.53. The number of hydrogen-bond acceptors (Lipinski definition) is 11. The van der Waals surface area contributed by atoms with Crippen molar-refractivity contribution in [2.75, 3.05) is 54.4 Å². The van der Waals surface area contributed by atoms with E-state index in [1.165, 1.54) is 12.3 Å². The van der Waals surface area contributed by atoms with E-state index in [2.05, 4.69) is 42.0 Å². The number of hydrogen-bond donors (Lipinski definition) is 4. The molecule has 0 radical (unpaired) electrons. The van der Waals surface area contributed by atoms with Crippen LogP contribution in [-0.2, 0) is 22.2 Å². The summed E-state index contributed by atoms with van der Waals surface area (Å²) in [6, 6.07) is 11.3. The van der Waals surface area contributed by atoms with Crippen molar-refractivity contribution in [3.05, 3.63) is 65.2 Å². The number of aromatic carboxylic acids is 1. The Labute approximate surface area is 298 Å². The number of nitrogens with zero attached hydrogens (tertiary/aromatic N) is 7. The van der Waals surface area contributed by atoms with Crippen LogP contribution in [0.15, 0.2) is 42.6 Å². The fourth-order valence-electron chi connectivity index (χ4n) is 6.39. The third-order valence-electron chi connectivity index (χ3n) is 9.16. The first-order valence-electron chi connectivity index (χ1n) is 17.3. The Morgan fingerprint density at radius 2 is 1.69 bits per heavy atom. The van der Waals surface area contributed by atoms with Crippen molar-refractivity contribution < 1.29 is 32.7 Å². The van der Waals surface area contributed by atoms with Crippen LogP contribution in [0.25, 0.3) is 0 Å². The maximum atomic E-state index is 14.0. The number of aromatic nitrogens is 4. The first-order chi connectivity index (χ1) is 25.0. The van der Waals surface area contributed by atoms with Crippen molar-refractivity contribution in [1.29, 1.82) is 5.26 Å². The van der Waals surface area contributed by atoms with E-state index >= 15 is 0 Å². The van der Waals surface area contributed by atoms with Gasteiger partial charge in [0.15, 0.2) is 5.69 Å². The highest BCUT2D eigenvalue weighted by Gasteiger charge is 2.39. The number of nitrogens with one attached hydrogen (secondary N) is 3. The SMILES string of the molecule is N#Cc1ccc(CCNC(=O)[C@@H]2CCCN2c2cc(N3CCC(CCCC(=O)NCCNc4nccc(C(=O)O)n4)CC3)nc(C(F)(F)F)n2)cc1. The van der Waals surface area contributed by atoms with E-state index < -0.39 is 24.0 Å². The minimum absolute atomic E-state index is 0.0757. The Morgan fingerprint density at radius 1 is 0.942 bits per heavy atom. The molecule has 14 nitrogen and oxygen atoms in total. The minimum Gasteiger partial charge on any atom is -0.477 e. The number of carboxylic acid groups (broad SMARTS) is 1. The molecule has 1 atom stereocenters. The standard InChI is InChI=1S/C35H41F3N10O4/c36-35(37,38)33-45-28(21-29(46-33)48-18-2-4-27(48)31(50)41-14-10-24-6-8-25(22-39)9-7-24)47-19-12-23(13-20-47)3-1-5-30(49)40-16-17-43-34-42-15-11-26(44-34)32(51)52/h6-9,11,15,21,23,27H,1-5,10,12-14,16-20H2,(H,40,49)(H,41,50)(H,51,52)(H,42,43,44)/t27-/m0/s1. The van der Waals surface area contributed by atoms with Crippen LogP contribution in [0.4, 0.5) is 30.8 Å². The summed E-state index contributed by atoms with van der Waals surface area (Å²) in [7, 11) is 0. The molecule has 0 unspecified atom stereocenters. The molecule has 0 bridgehead atoms. The van der Waals surface area contributed by atoms with Gasteiger partial charge in [-0.05, 0) is 74.6 Å². The number of anilines is 3. The van der Waals surface area contributed by atoms with Crippen molar-refractivity contribution >= 4 is 35.4 Å². The first-order valence-corrected chi connectivity index (χ1v) is 17.3. The molecule has 4 heterocycles. The lowest BCUT2D eigenvalue weighted by Crippen LogP contribution is -2.44. The molecule has 2 aliphatic heterocycles. The number of amides is 2. The van der Waals surface area contributed by atoms with Crippen molar-refractivity contribution in [2.45, 2.75) is 63.6 Å². The second-order valence-electron chi connectivity index (χ2n) is 12.8. The molecule has 0 spiro atoms. The fraction of sp³-hybridized carbons (Fsp3) is 0.486. The van der Waals surface area contributed by atoms with Crippen molar-refractivity contribution in [1.82, 2.24) is 30.6 Å². The van der Waals surface area contributed by atoms with Crippen molar-refractivity contribution in [3.63, 3.8) is 0 Å². The zero-order chi connectivity index (χ0) is 37.1. The van der Waals surface area contributed by atoms with Crippen LogP contribution in [0.1, 0.15) is 72.4 Å². The molecule has 2 saturated heterocycles. The highest BCUT2D eigenvalue weighted by atomic mass is 19.4. The molecule has 1 aromatic carbocycles. The normalized spacial score (nSPS) is 16.3. The molecule has 17 heteroatoms. The minimum atomic E-state index is -4.77. The van der Waals surface area contributed by atoms with Crippen molar-refractivity contribution in [3.8, 4) is 6.07 Å². The van der Waals surface area contributed by atoms with Gasteiger partial charge in [-0.2, -0.15) is 18.4 Å². The van der Waals surface area contributed by atoms with Gasteiger partial charge < -0.3 is 30.9 Å². The summed E-state index contributed by atoms with van der Waals surface area (Å²) in [5, 5.41) is 26.6. The van der Waals surface area contributed by atoms with E-state index in [1.807, 2.05) is 17.0 Å². The number of nitriles is 1. The molecule has 2 aromatic heterocycles. The summed E-state index contributed by atoms with van der Waals surface area (Å²) < 4.78 is 42.0. The van der Waals surface area contributed by atoms with Gasteiger partial charge in [0.25, 0.3) is 0 Å². The molecule has 2 fully saturated rings. The zero-order valence-electron chi connectivity index (χ0n) is 28.5. The summed E-state index contributed by atoms with van der Waals surface area (Å²) in [5.74, 6) is -2.07. The molecule has 52 heavy (non-hydrogen) atoms. The van der Waals surface area contributed by atoms with E-state index in [4.69, 9.17) is 10.4 Å². The van der Waals surface area contributed by atoms with Gasteiger partial charge in [0.05, 0.1) is 11.6 Å². The third-order valence-corrected chi connectivity index (χ3v) is 9.16. The lowest BCUT2D eigenvalue weighted by molar-refractivity contribution is -0.144. The van der Waals surface area contributed by atoms with Gasteiger partial charge in [0.2, 0.25) is 23.6 Å². The lowest BCUT2D eigenvalue weighted by atomic mass is 9.91. The lowest BCUT2D eigenvalue weighted by Gasteiger charge is -2.34. The van der Waals surface area contributed by atoms with Gasteiger partial charge in [-0.1, -0.05) is 12.1 Å². The molecule has 4 N–H and O–H groups in total. The van der Waals surface area contributed by atoms with Crippen molar-refractivity contribution in [2.24, 2.45) is 5.92 Å². The second kappa shape index (κ2) is 17.6. The molecule has 0 saturated carbocycles. The number of carbonyl (C=O) groups excluding carboxylic acids is 2. The second-order valence-corrected chi connectivity index (χ2v) is 12.8. The number of rotatable bonds is 15. The largest absolute Gasteiger partial charge is 0.477 e. The van der Waals surface area contributed by atoms with E-state index in [-0.39, 0.29) is 35.1 Å². The maximum Gasteiger partial charge on any atom is 0.451 e. The average Bonchev–Trinajstić information content (AvgIpc) is 3.64. The van der Waals surface area contributed by atoms with E-state index in [1.54, 1.807) is 23.1 Å². The third kappa shape index (κ3) is 10.5. The summed E-state index contributed by atoms with van der Waals surface area (Å²) in [5.41, 5.74) is 1.36. The average molecular weight is 723 g/mol. The summed E-state index contributed by atoms with van der Waals surface area (Å²) in [4.78, 5) is 55.6. The molecular weight excluding hydrogens is 681 g/mol. The summed E-state index contributed by atoms with van der Waals surface area (Å²) >= 11 is 0. The van der Waals surface area contributed by atoms with Gasteiger partial charge in [-0.15, -0.1) is 0 Å². The van der Waals surface area contributed by atoms with Crippen LogP contribution in [0.3, 0.4) is 0 Å². The molecule has 2 amide bonds. The number of benzene rings is 1. The molecule has 5 rings (SSSR count). The Kier molecular flexibility index (Phi) is 12.8. The molecular formula is C35H41F3N10O4.